The Bertz CT molecular complexity index is 324. The first-order chi connectivity index (χ1) is 7.04. The fourth-order valence-electron chi connectivity index (χ4n) is 1.23. The molecule has 0 saturated carbocycles. The maximum Gasteiger partial charge on any atom is 0.253 e. The molecular formula is C11H15NO3. The van der Waals surface area contributed by atoms with E-state index in [0.29, 0.717) is 5.56 Å². The first-order valence-electron chi connectivity index (χ1n) is 4.66. The Morgan fingerprint density at radius 3 is 2.20 bits per heavy atom. The molecule has 1 unspecified atom stereocenters. The Hall–Kier alpha value is -1.39. The van der Waals surface area contributed by atoms with E-state index >= 15 is 0 Å². The van der Waals surface area contributed by atoms with Crippen molar-refractivity contribution in [3.63, 3.8) is 0 Å². The SMILES string of the molecule is CN(C)C(=O)[C@H](O)C(O)c1ccccc1. The molecule has 0 bridgehead atoms. The van der Waals surface area contributed by atoms with Crippen molar-refractivity contribution in [1.82, 2.24) is 4.90 Å². The second-order valence-electron chi connectivity index (χ2n) is 3.53. The van der Waals surface area contributed by atoms with E-state index in [4.69, 9.17) is 0 Å². The summed E-state index contributed by atoms with van der Waals surface area (Å²) in [6, 6.07) is 8.61. The maximum atomic E-state index is 11.4. The summed E-state index contributed by atoms with van der Waals surface area (Å²) in [6.07, 6.45) is -2.59. The highest BCUT2D eigenvalue weighted by Gasteiger charge is 2.26. The van der Waals surface area contributed by atoms with Gasteiger partial charge in [-0.15, -0.1) is 0 Å². The summed E-state index contributed by atoms with van der Waals surface area (Å²) in [7, 11) is 3.06. The first kappa shape index (κ1) is 11.7. The summed E-state index contributed by atoms with van der Waals surface area (Å²) >= 11 is 0. The molecule has 4 heteroatoms. The molecule has 15 heavy (non-hydrogen) atoms. The summed E-state index contributed by atoms with van der Waals surface area (Å²) in [5.74, 6) is -0.508. The largest absolute Gasteiger partial charge is 0.385 e. The second-order valence-corrected chi connectivity index (χ2v) is 3.53. The van der Waals surface area contributed by atoms with Gasteiger partial charge < -0.3 is 15.1 Å². The van der Waals surface area contributed by atoms with Crippen LogP contribution in [0.15, 0.2) is 30.3 Å². The van der Waals surface area contributed by atoms with Crippen LogP contribution in [-0.4, -0.2) is 41.2 Å². The summed E-state index contributed by atoms with van der Waals surface area (Å²) < 4.78 is 0. The number of likely N-dealkylation sites (N-methyl/N-ethyl adjacent to an activating group) is 1. The van der Waals surface area contributed by atoms with Gasteiger partial charge in [0.25, 0.3) is 5.91 Å². The van der Waals surface area contributed by atoms with E-state index in [1.165, 1.54) is 19.0 Å². The summed E-state index contributed by atoms with van der Waals surface area (Å²) in [5.41, 5.74) is 0.528. The van der Waals surface area contributed by atoms with Gasteiger partial charge in [0, 0.05) is 14.1 Å². The third kappa shape index (κ3) is 2.78. The van der Waals surface area contributed by atoms with Crippen LogP contribution < -0.4 is 0 Å². The van der Waals surface area contributed by atoms with E-state index < -0.39 is 18.1 Å². The lowest BCUT2D eigenvalue weighted by Gasteiger charge is -2.20. The topological polar surface area (TPSA) is 60.8 Å². The standard InChI is InChI=1S/C11H15NO3/c1-12(2)11(15)10(14)9(13)8-6-4-3-5-7-8/h3-7,9-10,13-14H,1-2H3/t9?,10-/m1/s1. The van der Waals surface area contributed by atoms with Crippen molar-refractivity contribution in [2.75, 3.05) is 14.1 Å². The molecule has 4 nitrogen and oxygen atoms in total. The number of carbonyl (C=O) groups is 1. The Morgan fingerprint density at radius 1 is 1.20 bits per heavy atom. The van der Waals surface area contributed by atoms with E-state index in [2.05, 4.69) is 0 Å². The van der Waals surface area contributed by atoms with Gasteiger partial charge in [-0.3, -0.25) is 4.79 Å². The molecule has 1 aromatic rings. The highest BCUT2D eigenvalue weighted by molar-refractivity contribution is 5.80. The molecule has 1 amide bonds. The summed E-state index contributed by atoms with van der Waals surface area (Å²) in [4.78, 5) is 12.6. The number of aliphatic hydroxyl groups is 2. The van der Waals surface area contributed by atoms with Crippen LogP contribution in [0.5, 0.6) is 0 Å². The lowest BCUT2D eigenvalue weighted by Crippen LogP contribution is -2.37. The minimum atomic E-state index is -1.41. The fraction of sp³-hybridized carbons (Fsp3) is 0.364. The van der Waals surface area contributed by atoms with Crippen LogP contribution in [0.1, 0.15) is 11.7 Å². The second kappa shape index (κ2) is 4.91. The van der Waals surface area contributed by atoms with E-state index in [-0.39, 0.29) is 0 Å². The molecule has 2 N–H and O–H groups in total. The summed E-state index contributed by atoms with van der Waals surface area (Å²) in [6.45, 7) is 0. The van der Waals surface area contributed by atoms with Gasteiger partial charge >= 0.3 is 0 Å². The molecule has 0 saturated heterocycles. The van der Waals surface area contributed by atoms with Crippen LogP contribution in [0.2, 0.25) is 0 Å². The monoisotopic (exact) mass is 209 g/mol. The average Bonchev–Trinajstić information content (AvgIpc) is 2.27. The van der Waals surface area contributed by atoms with Gasteiger partial charge in [-0.1, -0.05) is 30.3 Å². The zero-order valence-corrected chi connectivity index (χ0v) is 8.79. The van der Waals surface area contributed by atoms with Crippen LogP contribution in [-0.2, 0) is 4.79 Å². The molecule has 0 aliphatic carbocycles. The number of amides is 1. The number of benzene rings is 1. The van der Waals surface area contributed by atoms with E-state index in [1.807, 2.05) is 0 Å². The van der Waals surface area contributed by atoms with Crippen molar-refractivity contribution < 1.29 is 15.0 Å². The minimum Gasteiger partial charge on any atom is -0.385 e. The number of aliphatic hydroxyl groups excluding tert-OH is 2. The molecule has 0 heterocycles. The predicted octanol–water partition coefficient (Wildman–Crippen LogP) is 0.169. The molecule has 2 atom stereocenters. The van der Waals surface area contributed by atoms with Crippen LogP contribution in [0.4, 0.5) is 0 Å². The van der Waals surface area contributed by atoms with Gasteiger partial charge in [0.05, 0.1) is 0 Å². The maximum absolute atomic E-state index is 11.4. The molecule has 0 aliphatic rings. The quantitative estimate of drug-likeness (QED) is 0.746. The van der Waals surface area contributed by atoms with Gasteiger partial charge in [0.2, 0.25) is 0 Å². The van der Waals surface area contributed by atoms with Gasteiger partial charge in [0.15, 0.2) is 6.10 Å². The molecular weight excluding hydrogens is 194 g/mol. The Balaban J connectivity index is 2.77. The molecule has 0 aromatic heterocycles. The zero-order valence-electron chi connectivity index (χ0n) is 8.79. The van der Waals surface area contributed by atoms with Crippen LogP contribution >= 0.6 is 0 Å². The lowest BCUT2D eigenvalue weighted by atomic mass is 10.0. The Kier molecular flexibility index (Phi) is 3.82. The third-order valence-corrected chi connectivity index (χ3v) is 2.13. The molecule has 0 fully saturated rings. The summed E-state index contributed by atoms with van der Waals surface area (Å²) in [5, 5.41) is 19.3. The molecule has 0 radical (unpaired) electrons. The Labute approximate surface area is 88.8 Å². The number of carbonyl (C=O) groups excluding carboxylic acids is 1. The van der Waals surface area contributed by atoms with Crippen molar-refractivity contribution >= 4 is 5.91 Å². The number of hydrogen-bond donors (Lipinski definition) is 2. The first-order valence-corrected chi connectivity index (χ1v) is 4.66. The van der Waals surface area contributed by atoms with Crippen LogP contribution in [0, 0.1) is 0 Å². The van der Waals surface area contributed by atoms with E-state index in [9.17, 15) is 15.0 Å². The molecule has 1 rings (SSSR count). The van der Waals surface area contributed by atoms with Crippen LogP contribution in [0.3, 0.4) is 0 Å². The molecule has 0 aliphatic heterocycles. The third-order valence-electron chi connectivity index (χ3n) is 2.13. The van der Waals surface area contributed by atoms with Crippen molar-refractivity contribution in [2.24, 2.45) is 0 Å². The minimum absolute atomic E-state index is 0.508. The average molecular weight is 209 g/mol. The predicted molar refractivity (Wildman–Crippen MR) is 56.1 cm³/mol. The molecule has 0 spiro atoms. The molecule has 82 valence electrons. The van der Waals surface area contributed by atoms with Crippen molar-refractivity contribution in [1.29, 1.82) is 0 Å². The van der Waals surface area contributed by atoms with Crippen molar-refractivity contribution in [3.8, 4) is 0 Å². The van der Waals surface area contributed by atoms with Crippen molar-refractivity contribution in [2.45, 2.75) is 12.2 Å². The van der Waals surface area contributed by atoms with Gasteiger partial charge in [-0.25, -0.2) is 0 Å². The fourth-order valence-corrected chi connectivity index (χ4v) is 1.23. The molecule has 1 aromatic carbocycles. The van der Waals surface area contributed by atoms with E-state index in [1.54, 1.807) is 30.3 Å². The zero-order chi connectivity index (χ0) is 11.4. The smallest absolute Gasteiger partial charge is 0.253 e. The number of nitrogens with zero attached hydrogens (tertiary/aromatic N) is 1. The number of hydrogen-bond acceptors (Lipinski definition) is 3. The van der Waals surface area contributed by atoms with E-state index in [0.717, 1.165) is 0 Å². The highest BCUT2D eigenvalue weighted by Crippen LogP contribution is 2.17. The normalized spacial score (nSPS) is 14.4. The number of rotatable bonds is 3. The lowest BCUT2D eigenvalue weighted by molar-refractivity contribution is -0.143. The Morgan fingerprint density at radius 2 is 1.73 bits per heavy atom. The van der Waals surface area contributed by atoms with Crippen LogP contribution in [0.25, 0.3) is 0 Å². The van der Waals surface area contributed by atoms with Gasteiger partial charge in [-0.2, -0.15) is 0 Å². The van der Waals surface area contributed by atoms with Crippen molar-refractivity contribution in [3.05, 3.63) is 35.9 Å². The highest BCUT2D eigenvalue weighted by atomic mass is 16.3. The van der Waals surface area contributed by atoms with Gasteiger partial charge in [-0.05, 0) is 5.56 Å². The van der Waals surface area contributed by atoms with Gasteiger partial charge in [0.1, 0.15) is 6.10 Å².